The highest BCUT2D eigenvalue weighted by molar-refractivity contribution is 7.09. The molecule has 1 saturated carbocycles. The van der Waals surface area contributed by atoms with E-state index in [0.29, 0.717) is 0 Å². The fourth-order valence-electron chi connectivity index (χ4n) is 2.67. The molecule has 1 heterocycles. The van der Waals surface area contributed by atoms with Crippen LogP contribution in [0.25, 0.3) is 0 Å². The van der Waals surface area contributed by atoms with E-state index in [1.807, 2.05) is 0 Å². The average Bonchev–Trinajstić information content (AvgIpc) is 2.80. The zero-order chi connectivity index (χ0) is 13.9. The minimum atomic E-state index is 0.183. The molecule has 19 heavy (non-hydrogen) atoms. The minimum absolute atomic E-state index is 0.183. The summed E-state index contributed by atoms with van der Waals surface area (Å²) in [5.74, 6) is 1.83. The van der Waals surface area contributed by atoms with Gasteiger partial charge >= 0.3 is 0 Å². The van der Waals surface area contributed by atoms with Gasteiger partial charge in [-0.25, -0.2) is 4.98 Å². The quantitative estimate of drug-likeness (QED) is 0.886. The molecule has 1 aliphatic carbocycles. The van der Waals surface area contributed by atoms with Crippen LogP contribution in [0.4, 0.5) is 0 Å². The molecule has 108 valence electrons. The van der Waals surface area contributed by atoms with Gasteiger partial charge in [0.15, 0.2) is 0 Å². The summed E-state index contributed by atoms with van der Waals surface area (Å²) in [5.41, 5.74) is 1.39. The molecule has 1 aromatic rings. The van der Waals surface area contributed by atoms with Gasteiger partial charge in [-0.05, 0) is 31.2 Å². The van der Waals surface area contributed by atoms with E-state index in [1.54, 1.807) is 11.3 Å². The molecule has 0 radical (unpaired) electrons. The van der Waals surface area contributed by atoms with E-state index >= 15 is 0 Å². The molecule has 0 unspecified atom stereocenters. The summed E-state index contributed by atoms with van der Waals surface area (Å²) < 4.78 is 0. The van der Waals surface area contributed by atoms with Gasteiger partial charge in [0.2, 0.25) is 0 Å². The second kappa shape index (κ2) is 6.36. The molecule has 2 nitrogen and oxygen atoms in total. The Balaban J connectivity index is 1.72. The van der Waals surface area contributed by atoms with Crippen LogP contribution in [0.1, 0.15) is 64.1 Å². The van der Waals surface area contributed by atoms with Crippen LogP contribution < -0.4 is 5.32 Å². The van der Waals surface area contributed by atoms with Crippen LogP contribution in [0.3, 0.4) is 0 Å². The van der Waals surface area contributed by atoms with Crippen LogP contribution in [0.5, 0.6) is 0 Å². The van der Waals surface area contributed by atoms with Crippen molar-refractivity contribution in [3.8, 4) is 0 Å². The summed E-state index contributed by atoms with van der Waals surface area (Å²) in [6, 6.07) is 0. The smallest absolute Gasteiger partial charge is 0.0982 e. The van der Waals surface area contributed by atoms with Crippen molar-refractivity contribution in [2.45, 2.75) is 65.3 Å². The number of aromatic nitrogens is 1. The Morgan fingerprint density at radius 3 is 2.53 bits per heavy atom. The maximum absolute atomic E-state index is 4.73. The lowest BCUT2D eigenvalue weighted by molar-refractivity contribution is 0.281. The van der Waals surface area contributed by atoms with E-state index in [1.165, 1.54) is 36.4 Å². The molecule has 1 fully saturated rings. The highest BCUT2D eigenvalue weighted by Gasteiger charge is 2.19. The first-order valence-electron chi connectivity index (χ1n) is 7.60. The summed E-state index contributed by atoms with van der Waals surface area (Å²) in [6.07, 6.45) is 5.63. The van der Waals surface area contributed by atoms with Crippen molar-refractivity contribution in [1.82, 2.24) is 10.3 Å². The van der Waals surface area contributed by atoms with Crippen molar-refractivity contribution in [3.05, 3.63) is 16.1 Å². The summed E-state index contributed by atoms with van der Waals surface area (Å²) in [4.78, 5) is 4.73. The zero-order valence-electron chi connectivity index (χ0n) is 12.8. The SMILES string of the molecule is CC1CCC(CNCc2csc(C(C)(C)C)n2)CC1. The third-order valence-corrected chi connectivity index (χ3v) is 5.38. The number of hydrogen-bond donors (Lipinski definition) is 1. The van der Waals surface area contributed by atoms with Crippen LogP contribution >= 0.6 is 11.3 Å². The van der Waals surface area contributed by atoms with E-state index < -0.39 is 0 Å². The molecule has 0 bridgehead atoms. The van der Waals surface area contributed by atoms with Gasteiger partial charge in [-0.15, -0.1) is 11.3 Å². The molecule has 0 atom stereocenters. The summed E-state index contributed by atoms with van der Waals surface area (Å²) in [5, 5.41) is 7.05. The van der Waals surface area contributed by atoms with Crippen LogP contribution in [-0.2, 0) is 12.0 Å². The highest BCUT2D eigenvalue weighted by Crippen LogP contribution is 2.28. The number of nitrogens with one attached hydrogen (secondary N) is 1. The molecular formula is C16H28N2S. The van der Waals surface area contributed by atoms with Crippen molar-refractivity contribution in [2.75, 3.05) is 6.54 Å². The van der Waals surface area contributed by atoms with Crippen molar-refractivity contribution < 1.29 is 0 Å². The predicted octanol–water partition coefficient (Wildman–Crippen LogP) is 4.36. The first-order valence-corrected chi connectivity index (χ1v) is 8.48. The number of nitrogens with zero attached hydrogens (tertiary/aromatic N) is 1. The van der Waals surface area contributed by atoms with Gasteiger partial charge in [0.05, 0.1) is 10.7 Å². The summed E-state index contributed by atoms with van der Waals surface area (Å²) in [7, 11) is 0. The fraction of sp³-hybridized carbons (Fsp3) is 0.812. The molecule has 0 saturated heterocycles. The maximum Gasteiger partial charge on any atom is 0.0982 e. The first kappa shape index (κ1) is 15.0. The Morgan fingerprint density at radius 2 is 1.95 bits per heavy atom. The topological polar surface area (TPSA) is 24.9 Å². The van der Waals surface area contributed by atoms with Crippen LogP contribution in [0, 0.1) is 11.8 Å². The molecule has 1 aromatic heterocycles. The van der Waals surface area contributed by atoms with E-state index in [4.69, 9.17) is 4.98 Å². The molecule has 1 N–H and O–H groups in total. The van der Waals surface area contributed by atoms with Gasteiger partial charge in [-0.2, -0.15) is 0 Å². The fourth-order valence-corrected chi connectivity index (χ4v) is 3.58. The molecule has 2 rings (SSSR count). The lowest BCUT2D eigenvalue weighted by atomic mass is 9.83. The number of rotatable bonds is 4. The predicted molar refractivity (Wildman–Crippen MR) is 83.6 cm³/mol. The third-order valence-electron chi connectivity index (χ3n) is 4.07. The second-order valence-electron chi connectivity index (χ2n) is 7.15. The van der Waals surface area contributed by atoms with Crippen molar-refractivity contribution >= 4 is 11.3 Å². The maximum atomic E-state index is 4.73. The lowest BCUT2D eigenvalue weighted by Crippen LogP contribution is -2.25. The highest BCUT2D eigenvalue weighted by atomic mass is 32.1. The number of hydrogen-bond acceptors (Lipinski definition) is 3. The van der Waals surface area contributed by atoms with Gasteiger partial charge < -0.3 is 5.32 Å². The molecule has 0 amide bonds. The van der Waals surface area contributed by atoms with Gasteiger partial charge in [0.1, 0.15) is 0 Å². The van der Waals surface area contributed by atoms with Crippen LogP contribution in [0.15, 0.2) is 5.38 Å². The normalized spacial score (nSPS) is 24.6. The zero-order valence-corrected chi connectivity index (χ0v) is 13.6. The van der Waals surface area contributed by atoms with Crippen LogP contribution in [0.2, 0.25) is 0 Å². The van der Waals surface area contributed by atoms with E-state index in [9.17, 15) is 0 Å². The van der Waals surface area contributed by atoms with Crippen molar-refractivity contribution in [1.29, 1.82) is 0 Å². The summed E-state index contributed by atoms with van der Waals surface area (Å²) >= 11 is 1.79. The largest absolute Gasteiger partial charge is 0.311 e. The summed E-state index contributed by atoms with van der Waals surface area (Å²) in [6.45, 7) is 11.2. The van der Waals surface area contributed by atoms with Crippen molar-refractivity contribution in [2.24, 2.45) is 11.8 Å². The minimum Gasteiger partial charge on any atom is -0.311 e. The average molecular weight is 280 g/mol. The van der Waals surface area contributed by atoms with Gasteiger partial charge in [0.25, 0.3) is 0 Å². The molecule has 0 aromatic carbocycles. The molecule has 3 heteroatoms. The van der Waals surface area contributed by atoms with Gasteiger partial charge in [-0.1, -0.05) is 40.5 Å². The van der Waals surface area contributed by atoms with E-state index in [2.05, 4.69) is 38.4 Å². The van der Waals surface area contributed by atoms with E-state index in [-0.39, 0.29) is 5.41 Å². The molecule has 1 aliphatic rings. The van der Waals surface area contributed by atoms with Gasteiger partial charge in [-0.3, -0.25) is 0 Å². The Labute approximate surface area is 122 Å². The first-order chi connectivity index (χ1) is 8.95. The Kier molecular flexibility index (Phi) is 5.02. The monoisotopic (exact) mass is 280 g/mol. The van der Waals surface area contributed by atoms with Crippen molar-refractivity contribution in [3.63, 3.8) is 0 Å². The van der Waals surface area contributed by atoms with Crippen LogP contribution in [-0.4, -0.2) is 11.5 Å². The Bertz CT molecular complexity index is 384. The Hall–Kier alpha value is -0.410. The molecule has 0 spiro atoms. The van der Waals surface area contributed by atoms with E-state index in [0.717, 1.165) is 24.9 Å². The third kappa shape index (κ3) is 4.57. The second-order valence-corrected chi connectivity index (χ2v) is 8.01. The number of thiazole rings is 1. The molecule has 0 aliphatic heterocycles. The lowest BCUT2D eigenvalue weighted by Gasteiger charge is -2.26. The van der Waals surface area contributed by atoms with Gasteiger partial charge in [0, 0.05) is 17.3 Å². The standard InChI is InChI=1S/C16H28N2S/c1-12-5-7-13(8-6-12)9-17-10-14-11-19-15(18-14)16(2,3)4/h11-13,17H,5-10H2,1-4H3. The molecular weight excluding hydrogens is 252 g/mol. The Morgan fingerprint density at radius 1 is 1.26 bits per heavy atom.